The van der Waals surface area contributed by atoms with Crippen molar-refractivity contribution in [1.82, 2.24) is 30.4 Å². The van der Waals surface area contributed by atoms with Crippen molar-refractivity contribution in [2.75, 3.05) is 5.32 Å². The molecule has 0 radical (unpaired) electrons. The van der Waals surface area contributed by atoms with E-state index in [0.29, 0.717) is 17.3 Å². The van der Waals surface area contributed by atoms with Gasteiger partial charge in [0.2, 0.25) is 5.82 Å². The van der Waals surface area contributed by atoms with E-state index in [1.54, 1.807) is 11.6 Å². The van der Waals surface area contributed by atoms with E-state index in [1.165, 1.54) is 0 Å². The predicted molar refractivity (Wildman–Crippen MR) is 65.5 cm³/mol. The Hall–Kier alpha value is -2.52. The van der Waals surface area contributed by atoms with Crippen molar-refractivity contribution >= 4 is 11.5 Å². The molecule has 0 aliphatic carbocycles. The highest BCUT2D eigenvalue weighted by molar-refractivity contribution is 5.59. The topological polar surface area (TPSA) is 127 Å². The SMILES string of the molecule is Cc1nn(C(C)C)c(NCc2nn[nH]n2)c1[N+](=O)[O-]. The van der Waals surface area contributed by atoms with Crippen molar-refractivity contribution in [1.29, 1.82) is 0 Å². The monoisotopic (exact) mass is 266 g/mol. The number of nitrogens with one attached hydrogen (secondary N) is 2. The Balaban J connectivity index is 2.32. The quantitative estimate of drug-likeness (QED) is 0.605. The number of hydrogen-bond donors (Lipinski definition) is 2. The molecule has 0 atom stereocenters. The second-order valence-electron chi connectivity index (χ2n) is 4.26. The van der Waals surface area contributed by atoms with E-state index in [4.69, 9.17) is 0 Å². The lowest BCUT2D eigenvalue weighted by Crippen LogP contribution is -2.11. The Morgan fingerprint density at radius 2 is 2.26 bits per heavy atom. The fourth-order valence-electron chi connectivity index (χ4n) is 1.72. The van der Waals surface area contributed by atoms with Gasteiger partial charge in [-0.15, -0.1) is 10.2 Å². The van der Waals surface area contributed by atoms with Gasteiger partial charge in [0, 0.05) is 6.04 Å². The van der Waals surface area contributed by atoms with E-state index < -0.39 is 4.92 Å². The lowest BCUT2D eigenvalue weighted by Gasteiger charge is -2.10. The standard InChI is InChI=1S/C9H14N8O2/c1-5(2)16-9(8(17(18)19)6(3)13-16)10-4-7-11-14-15-12-7/h5,10H,4H2,1-3H3,(H,11,12,14,15). The van der Waals surface area contributed by atoms with Gasteiger partial charge in [0.15, 0.2) is 5.82 Å². The summed E-state index contributed by atoms with van der Waals surface area (Å²) in [4.78, 5) is 10.7. The van der Waals surface area contributed by atoms with Gasteiger partial charge in [-0.25, -0.2) is 4.68 Å². The molecule has 10 heteroatoms. The Morgan fingerprint density at radius 1 is 1.53 bits per heavy atom. The highest BCUT2D eigenvalue weighted by Crippen LogP contribution is 2.30. The first kappa shape index (κ1) is 12.9. The van der Waals surface area contributed by atoms with E-state index in [2.05, 4.69) is 31.0 Å². The predicted octanol–water partition coefficient (Wildman–Crippen LogP) is 0.806. The third-order valence-corrected chi connectivity index (χ3v) is 2.53. The molecule has 0 spiro atoms. The molecule has 0 saturated carbocycles. The minimum absolute atomic E-state index is 0.000156. The second kappa shape index (κ2) is 5.00. The van der Waals surface area contributed by atoms with Crippen LogP contribution in [0.25, 0.3) is 0 Å². The van der Waals surface area contributed by atoms with Gasteiger partial charge in [-0.05, 0) is 20.8 Å². The van der Waals surface area contributed by atoms with Gasteiger partial charge < -0.3 is 5.32 Å². The van der Waals surface area contributed by atoms with E-state index in [0.717, 1.165) is 0 Å². The van der Waals surface area contributed by atoms with Crippen LogP contribution in [0.1, 0.15) is 31.4 Å². The average molecular weight is 266 g/mol. The third-order valence-electron chi connectivity index (χ3n) is 2.53. The van der Waals surface area contributed by atoms with Crippen LogP contribution in [0.15, 0.2) is 0 Å². The van der Waals surface area contributed by atoms with Crippen LogP contribution >= 0.6 is 0 Å². The summed E-state index contributed by atoms with van der Waals surface area (Å²) in [6, 6.07) is 0.000156. The molecule has 0 bridgehead atoms. The summed E-state index contributed by atoms with van der Waals surface area (Å²) in [5.41, 5.74) is 0.339. The number of aromatic amines is 1. The normalized spacial score (nSPS) is 10.9. The highest BCUT2D eigenvalue weighted by Gasteiger charge is 2.26. The van der Waals surface area contributed by atoms with Gasteiger partial charge in [0.05, 0.1) is 11.5 Å². The molecule has 10 nitrogen and oxygen atoms in total. The Bertz CT molecular complexity index is 573. The molecule has 0 amide bonds. The molecule has 0 aromatic carbocycles. The number of nitro groups is 1. The van der Waals surface area contributed by atoms with Crippen LogP contribution in [0.3, 0.4) is 0 Å². The van der Waals surface area contributed by atoms with Gasteiger partial charge >= 0.3 is 5.69 Å². The summed E-state index contributed by atoms with van der Waals surface area (Å²) in [6.45, 7) is 5.64. The van der Waals surface area contributed by atoms with Crippen molar-refractivity contribution in [2.45, 2.75) is 33.4 Å². The van der Waals surface area contributed by atoms with E-state index >= 15 is 0 Å². The fourth-order valence-corrected chi connectivity index (χ4v) is 1.72. The maximum Gasteiger partial charge on any atom is 0.333 e. The molecule has 0 fully saturated rings. The lowest BCUT2D eigenvalue weighted by atomic mass is 10.3. The maximum atomic E-state index is 11.1. The number of anilines is 1. The van der Waals surface area contributed by atoms with E-state index in [-0.39, 0.29) is 18.3 Å². The molecule has 0 aliphatic heterocycles. The van der Waals surface area contributed by atoms with Gasteiger partial charge in [0.1, 0.15) is 5.69 Å². The van der Waals surface area contributed by atoms with Crippen LogP contribution in [0.4, 0.5) is 11.5 Å². The number of rotatable bonds is 5. The van der Waals surface area contributed by atoms with Gasteiger partial charge in [-0.2, -0.15) is 10.3 Å². The van der Waals surface area contributed by atoms with Crippen molar-refractivity contribution < 1.29 is 4.92 Å². The zero-order chi connectivity index (χ0) is 14.0. The maximum absolute atomic E-state index is 11.1. The first-order valence-corrected chi connectivity index (χ1v) is 5.70. The molecule has 2 rings (SSSR count). The number of aromatic nitrogens is 6. The lowest BCUT2D eigenvalue weighted by molar-refractivity contribution is -0.384. The number of tetrazole rings is 1. The number of nitrogens with zero attached hydrogens (tertiary/aromatic N) is 6. The van der Waals surface area contributed by atoms with Crippen LogP contribution in [-0.2, 0) is 6.54 Å². The van der Waals surface area contributed by atoms with Gasteiger partial charge in [-0.3, -0.25) is 10.1 Å². The minimum Gasteiger partial charge on any atom is -0.357 e. The molecular formula is C9H14N8O2. The molecule has 2 aromatic rings. The molecule has 2 N–H and O–H groups in total. The highest BCUT2D eigenvalue weighted by atomic mass is 16.6. The second-order valence-corrected chi connectivity index (χ2v) is 4.26. The summed E-state index contributed by atoms with van der Waals surface area (Å²) < 4.78 is 1.58. The Labute approximate surface area is 108 Å². The molecule has 2 heterocycles. The van der Waals surface area contributed by atoms with Crippen molar-refractivity contribution in [3.8, 4) is 0 Å². The molecule has 102 valence electrons. The van der Waals surface area contributed by atoms with Crippen LogP contribution in [0.2, 0.25) is 0 Å². The largest absolute Gasteiger partial charge is 0.357 e. The minimum atomic E-state index is -0.445. The zero-order valence-corrected chi connectivity index (χ0v) is 10.8. The van der Waals surface area contributed by atoms with Crippen LogP contribution in [-0.4, -0.2) is 35.3 Å². The van der Waals surface area contributed by atoms with E-state index in [9.17, 15) is 10.1 Å². The van der Waals surface area contributed by atoms with Crippen LogP contribution in [0.5, 0.6) is 0 Å². The molecular weight excluding hydrogens is 252 g/mol. The average Bonchev–Trinajstić information content (AvgIpc) is 2.92. The number of aryl methyl sites for hydroxylation is 1. The van der Waals surface area contributed by atoms with Gasteiger partial charge in [-0.1, -0.05) is 5.21 Å². The fraction of sp³-hybridized carbons (Fsp3) is 0.556. The molecule has 19 heavy (non-hydrogen) atoms. The number of H-pyrrole nitrogens is 1. The smallest absolute Gasteiger partial charge is 0.333 e. The summed E-state index contributed by atoms with van der Waals surface area (Å²) in [5.74, 6) is 0.769. The Kier molecular flexibility index (Phi) is 3.40. The number of hydrogen-bond acceptors (Lipinski definition) is 7. The summed E-state index contributed by atoms with van der Waals surface area (Å²) >= 11 is 0. The first-order chi connectivity index (χ1) is 9.00. The van der Waals surface area contributed by atoms with Crippen LogP contribution < -0.4 is 5.32 Å². The Morgan fingerprint density at radius 3 is 2.79 bits per heavy atom. The third kappa shape index (κ3) is 2.51. The van der Waals surface area contributed by atoms with E-state index in [1.807, 2.05) is 13.8 Å². The summed E-state index contributed by atoms with van der Waals surface area (Å²) in [7, 11) is 0. The summed E-state index contributed by atoms with van der Waals surface area (Å²) in [5, 5.41) is 31.5. The first-order valence-electron chi connectivity index (χ1n) is 5.70. The molecule has 2 aromatic heterocycles. The molecule has 0 unspecified atom stereocenters. The van der Waals surface area contributed by atoms with Crippen molar-refractivity contribution in [3.63, 3.8) is 0 Å². The van der Waals surface area contributed by atoms with Crippen LogP contribution in [0, 0.1) is 17.0 Å². The van der Waals surface area contributed by atoms with Gasteiger partial charge in [0.25, 0.3) is 0 Å². The van der Waals surface area contributed by atoms with Crippen molar-refractivity contribution in [3.05, 3.63) is 21.6 Å². The molecule has 0 saturated heterocycles. The zero-order valence-electron chi connectivity index (χ0n) is 10.8. The molecule has 0 aliphatic rings. The van der Waals surface area contributed by atoms with Crippen molar-refractivity contribution in [2.24, 2.45) is 0 Å². The summed E-state index contributed by atoms with van der Waals surface area (Å²) in [6.07, 6.45) is 0.